The van der Waals surface area contributed by atoms with Crippen LogP contribution in [-0.2, 0) is 29.6 Å². The fourth-order valence-corrected chi connectivity index (χ4v) is 4.01. The van der Waals surface area contributed by atoms with Gasteiger partial charge in [0, 0.05) is 51.5 Å². The van der Waals surface area contributed by atoms with Crippen molar-refractivity contribution in [2.45, 2.75) is 26.1 Å². The van der Waals surface area contributed by atoms with Crippen molar-refractivity contribution >= 4 is 5.96 Å². The molecule has 168 valence electrons. The number of ether oxygens (including phenoxy) is 2. The number of guanidine groups is 1. The van der Waals surface area contributed by atoms with E-state index >= 15 is 0 Å². The Hall–Kier alpha value is -2.42. The topological polar surface area (TPSA) is 67.2 Å². The van der Waals surface area contributed by atoms with E-state index in [1.54, 1.807) is 0 Å². The van der Waals surface area contributed by atoms with Crippen LogP contribution in [0.15, 0.2) is 41.7 Å². The number of nitrogens with one attached hydrogen (secondary N) is 1. The Kier molecular flexibility index (Phi) is 7.56. The van der Waals surface area contributed by atoms with E-state index in [2.05, 4.69) is 51.4 Å². The van der Waals surface area contributed by atoms with Crippen molar-refractivity contribution in [1.29, 1.82) is 0 Å². The van der Waals surface area contributed by atoms with Gasteiger partial charge in [-0.3, -0.25) is 9.58 Å². The lowest BCUT2D eigenvalue weighted by Crippen LogP contribution is -2.48. The Morgan fingerprint density at radius 2 is 1.90 bits per heavy atom. The molecule has 8 nitrogen and oxygen atoms in total. The molecule has 0 saturated carbocycles. The summed E-state index contributed by atoms with van der Waals surface area (Å²) >= 11 is 0. The molecule has 4 rings (SSSR count). The zero-order valence-corrected chi connectivity index (χ0v) is 18.7. The highest BCUT2D eigenvalue weighted by molar-refractivity contribution is 5.80. The minimum Gasteiger partial charge on any atom is -0.379 e. The van der Waals surface area contributed by atoms with E-state index in [4.69, 9.17) is 14.5 Å². The number of rotatable bonds is 6. The Labute approximate surface area is 184 Å². The lowest BCUT2D eigenvalue weighted by Gasteiger charge is -2.34. The molecular formula is C23H34N6O2. The smallest absolute Gasteiger partial charge is 0.194 e. The molecule has 3 heterocycles. The summed E-state index contributed by atoms with van der Waals surface area (Å²) in [6.07, 6.45) is 3.93. The van der Waals surface area contributed by atoms with Crippen LogP contribution in [0.5, 0.6) is 0 Å². The Morgan fingerprint density at radius 3 is 2.61 bits per heavy atom. The molecule has 2 aliphatic heterocycles. The molecule has 1 atom stereocenters. The van der Waals surface area contributed by atoms with Crippen LogP contribution < -0.4 is 5.32 Å². The number of aryl methyl sites for hydroxylation is 1. The number of benzene rings is 1. The van der Waals surface area contributed by atoms with Gasteiger partial charge in [-0.25, -0.2) is 4.99 Å². The summed E-state index contributed by atoms with van der Waals surface area (Å²) < 4.78 is 13.2. The molecule has 0 aliphatic carbocycles. The Balaban J connectivity index is 1.36. The lowest BCUT2D eigenvalue weighted by molar-refractivity contribution is -0.00805. The third kappa shape index (κ3) is 6.06. The predicted molar refractivity (Wildman–Crippen MR) is 121 cm³/mol. The van der Waals surface area contributed by atoms with Crippen molar-refractivity contribution in [3.8, 4) is 0 Å². The number of aromatic nitrogens is 2. The van der Waals surface area contributed by atoms with E-state index in [-0.39, 0.29) is 6.10 Å². The maximum absolute atomic E-state index is 5.98. The molecule has 1 aromatic heterocycles. The molecule has 2 aromatic rings. The predicted octanol–water partition coefficient (Wildman–Crippen LogP) is 1.79. The molecule has 0 radical (unpaired) electrons. The lowest BCUT2D eigenvalue weighted by atomic mass is 10.1. The summed E-state index contributed by atoms with van der Waals surface area (Å²) in [5.41, 5.74) is 3.67. The number of hydrogen-bond acceptors (Lipinski definition) is 5. The number of nitrogens with zero attached hydrogens (tertiary/aromatic N) is 5. The molecule has 2 saturated heterocycles. The summed E-state index contributed by atoms with van der Waals surface area (Å²) in [6.45, 7) is 10.6. The average Bonchev–Trinajstić information content (AvgIpc) is 3.25. The quantitative estimate of drug-likeness (QED) is 0.561. The van der Waals surface area contributed by atoms with Gasteiger partial charge in [0.05, 0.1) is 39.1 Å². The molecule has 0 spiro atoms. The fraction of sp³-hybridized carbons (Fsp3) is 0.565. The maximum atomic E-state index is 5.98. The molecule has 8 heteroatoms. The SMILES string of the molecule is CCNC(=NCc1ccc(CN2CCOCC2)cc1)N1CCOC(c2cnn(C)c2)C1. The van der Waals surface area contributed by atoms with Gasteiger partial charge in [0.25, 0.3) is 0 Å². The van der Waals surface area contributed by atoms with Crippen molar-refractivity contribution < 1.29 is 9.47 Å². The van der Waals surface area contributed by atoms with Gasteiger partial charge in [0.2, 0.25) is 0 Å². The fourth-order valence-electron chi connectivity index (χ4n) is 4.01. The van der Waals surface area contributed by atoms with Gasteiger partial charge in [-0.15, -0.1) is 0 Å². The van der Waals surface area contributed by atoms with Crippen LogP contribution in [0, 0.1) is 0 Å². The molecule has 2 aliphatic rings. The van der Waals surface area contributed by atoms with Crippen LogP contribution in [0.4, 0.5) is 0 Å². The van der Waals surface area contributed by atoms with Gasteiger partial charge in [-0.2, -0.15) is 5.10 Å². The second kappa shape index (κ2) is 10.7. The third-order valence-electron chi connectivity index (χ3n) is 5.74. The molecule has 0 bridgehead atoms. The summed E-state index contributed by atoms with van der Waals surface area (Å²) in [6, 6.07) is 8.84. The zero-order chi connectivity index (χ0) is 21.5. The van der Waals surface area contributed by atoms with E-state index in [9.17, 15) is 0 Å². The van der Waals surface area contributed by atoms with Crippen molar-refractivity contribution in [1.82, 2.24) is 24.9 Å². The second-order valence-corrected chi connectivity index (χ2v) is 8.13. The molecule has 1 unspecified atom stereocenters. The second-order valence-electron chi connectivity index (χ2n) is 8.13. The molecule has 1 N–H and O–H groups in total. The Morgan fingerprint density at radius 1 is 1.13 bits per heavy atom. The standard InChI is InChI=1S/C23H34N6O2/c1-3-24-23(29-10-13-31-22(18-29)21-15-26-27(2)17-21)25-14-19-4-6-20(7-5-19)16-28-8-11-30-12-9-28/h4-7,15,17,22H,3,8-14,16,18H2,1-2H3,(H,24,25). The van der Waals surface area contributed by atoms with Crippen LogP contribution in [0.1, 0.15) is 29.7 Å². The van der Waals surface area contributed by atoms with Gasteiger partial charge in [-0.05, 0) is 18.1 Å². The van der Waals surface area contributed by atoms with Gasteiger partial charge < -0.3 is 19.7 Å². The highest BCUT2D eigenvalue weighted by Gasteiger charge is 2.25. The zero-order valence-electron chi connectivity index (χ0n) is 18.7. The number of morpholine rings is 2. The first-order valence-corrected chi connectivity index (χ1v) is 11.2. The summed E-state index contributed by atoms with van der Waals surface area (Å²) in [4.78, 5) is 9.64. The van der Waals surface area contributed by atoms with Crippen LogP contribution in [0.3, 0.4) is 0 Å². The van der Waals surface area contributed by atoms with Gasteiger partial charge >= 0.3 is 0 Å². The average molecular weight is 427 g/mol. The van der Waals surface area contributed by atoms with Crippen LogP contribution in [0.25, 0.3) is 0 Å². The summed E-state index contributed by atoms with van der Waals surface area (Å²) in [7, 11) is 1.93. The van der Waals surface area contributed by atoms with E-state index in [0.717, 1.165) is 64.0 Å². The van der Waals surface area contributed by atoms with Gasteiger partial charge in [0.15, 0.2) is 5.96 Å². The normalized spacial score (nSPS) is 20.8. The van der Waals surface area contributed by atoms with E-state index < -0.39 is 0 Å². The first kappa shape index (κ1) is 21.8. The Bertz CT molecular complexity index is 844. The van der Waals surface area contributed by atoms with E-state index in [0.29, 0.717) is 13.2 Å². The first-order valence-electron chi connectivity index (χ1n) is 11.2. The largest absolute Gasteiger partial charge is 0.379 e. The molecule has 31 heavy (non-hydrogen) atoms. The molecule has 0 amide bonds. The minimum atomic E-state index is 0.0192. The third-order valence-corrected chi connectivity index (χ3v) is 5.74. The van der Waals surface area contributed by atoms with Crippen LogP contribution >= 0.6 is 0 Å². The van der Waals surface area contributed by atoms with E-state index in [1.807, 2.05) is 24.1 Å². The maximum Gasteiger partial charge on any atom is 0.194 e. The van der Waals surface area contributed by atoms with Crippen molar-refractivity contribution in [3.63, 3.8) is 0 Å². The van der Waals surface area contributed by atoms with Gasteiger partial charge in [-0.1, -0.05) is 24.3 Å². The number of aliphatic imine (C=N–C) groups is 1. The molecular weight excluding hydrogens is 392 g/mol. The minimum absolute atomic E-state index is 0.0192. The molecule has 2 fully saturated rings. The van der Waals surface area contributed by atoms with Crippen molar-refractivity contribution in [2.75, 3.05) is 52.5 Å². The van der Waals surface area contributed by atoms with Gasteiger partial charge in [0.1, 0.15) is 6.10 Å². The molecule has 1 aromatic carbocycles. The first-order chi connectivity index (χ1) is 15.2. The summed E-state index contributed by atoms with van der Waals surface area (Å²) in [5, 5.41) is 7.73. The monoisotopic (exact) mass is 426 g/mol. The van der Waals surface area contributed by atoms with Crippen molar-refractivity contribution in [2.24, 2.45) is 12.0 Å². The summed E-state index contributed by atoms with van der Waals surface area (Å²) in [5.74, 6) is 0.942. The highest BCUT2D eigenvalue weighted by Crippen LogP contribution is 2.21. The van der Waals surface area contributed by atoms with E-state index in [1.165, 1.54) is 11.1 Å². The van der Waals surface area contributed by atoms with Crippen LogP contribution in [0.2, 0.25) is 0 Å². The number of hydrogen-bond donors (Lipinski definition) is 1. The van der Waals surface area contributed by atoms with Crippen LogP contribution in [-0.4, -0.2) is 78.1 Å². The van der Waals surface area contributed by atoms with Crippen molar-refractivity contribution in [3.05, 3.63) is 53.3 Å². The highest BCUT2D eigenvalue weighted by atomic mass is 16.5.